The van der Waals surface area contributed by atoms with E-state index < -0.39 is 0 Å². The molecule has 1 amide bonds. The van der Waals surface area contributed by atoms with E-state index >= 15 is 0 Å². The number of rotatable bonds is 5. The van der Waals surface area contributed by atoms with Crippen LogP contribution >= 0.6 is 11.6 Å². The first-order valence-electron chi connectivity index (χ1n) is 9.48. The molecular formula is C21H29ClN3O2+. The first-order valence-corrected chi connectivity index (χ1v) is 9.85. The molecule has 3 rings (SSSR count). The number of anilines is 1. The van der Waals surface area contributed by atoms with Gasteiger partial charge in [0.15, 0.2) is 0 Å². The summed E-state index contributed by atoms with van der Waals surface area (Å²) in [6, 6.07) is 8.47. The van der Waals surface area contributed by atoms with Gasteiger partial charge in [0.05, 0.1) is 33.4 Å². The number of nitrogens with one attached hydrogen (secondary N) is 1. The number of carbonyl (C=O) groups is 1. The maximum atomic E-state index is 12.4. The Morgan fingerprint density at radius 2 is 1.93 bits per heavy atom. The van der Waals surface area contributed by atoms with E-state index in [1.54, 1.807) is 12.2 Å². The Morgan fingerprint density at radius 3 is 2.56 bits per heavy atom. The van der Waals surface area contributed by atoms with Gasteiger partial charge in [-0.3, -0.25) is 4.79 Å². The fourth-order valence-electron chi connectivity index (χ4n) is 3.81. The van der Waals surface area contributed by atoms with Crippen LogP contribution in [0, 0.1) is 0 Å². The molecule has 0 radical (unpaired) electrons. The SMILES string of the molecule is C[N+](C)(Cc1ccc(NC(=O)C2=CC(N)CC(Cl)=C2)cc1)C1CCOCC1. The Balaban J connectivity index is 1.61. The molecule has 1 aromatic carbocycles. The molecule has 1 heterocycles. The Bertz CT molecular complexity index is 734. The van der Waals surface area contributed by atoms with Crippen molar-refractivity contribution in [3.63, 3.8) is 0 Å². The topological polar surface area (TPSA) is 64.4 Å². The van der Waals surface area contributed by atoms with Gasteiger partial charge < -0.3 is 20.3 Å². The van der Waals surface area contributed by atoms with Gasteiger partial charge in [-0.2, -0.15) is 0 Å². The second-order valence-corrected chi connectivity index (χ2v) is 8.50. The molecule has 3 N–H and O–H groups in total. The largest absolute Gasteiger partial charge is 0.381 e. The zero-order chi connectivity index (χ0) is 19.4. The minimum atomic E-state index is -0.212. The van der Waals surface area contributed by atoms with E-state index in [1.165, 1.54) is 5.56 Å². The summed E-state index contributed by atoms with van der Waals surface area (Å²) in [6.45, 7) is 2.67. The van der Waals surface area contributed by atoms with Crippen LogP contribution in [-0.2, 0) is 16.1 Å². The molecule has 6 heteroatoms. The van der Waals surface area contributed by atoms with E-state index in [1.807, 2.05) is 12.1 Å². The summed E-state index contributed by atoms with van der Waals surface area (Å²) >= 11 is 6.05. The summed E-state index contributed by atoms with van der Waals surface area (Å²) in [5, 5.41) is 3.53. The minimum absolute atomic E-state index is 0.186. The molecule has 1 unspecified atom stereocenters. The highest BCUT2D eigenvalue weighted by molar-refractivity contribution is 6.30. The summed E-state index contributed by atoms with van der Waals surface area (Å²) in [5.41, 5.74) is 8.43. The van der Waals surface area contributed by atoms with Crippen molar-refractivity contribution in [2.45, 2.75) is 37.9 Å². The standard InChI is InChI=1S/C21H28ClN3O2/c1-25(2,20-7-9-27-10-8-20)14-15-3-5-19(6-4-15)24-21(26)16-11-17(22)13-18(23)12-16/h3-6,11-12,18,20H,7-10,13-14,23H2,1-2H3/p+1. The fourth-order valence-corrected chi connectivity index (χ4v) is 4.11. The molecule has 146 valence electrons. The van der Waals surface area contributed by atoms with Gasteiger partial charge in [-0.25, -0.2) is 0 Å². The lowest BCUT2D eigenvalue weighted by atomic mass is 10.0. The van der Waals surface area contributed by atoms with E-state index in [0.717, 1.165) is 42.8 Å². The van der Waals surface area contributed by atoms with Crippen LogP contribution in [0.1, 0.15) is 24.8 Å². The predicted octanol–water partition coefficient (Wildman–Crippen LogP) is 3.16. The van der Waals surface area contributed by atoms with Gasteiger partial charge in [0, 0.05) is 47.2 Å². The number of ether oxygens (including phenoxy) is 1. The summed E-state index contributed by atoms with van der Waals surface area (Å²) in [4.78, 5) is 12.4. The molecule has 1 fully saturated rings. The zero-order valence-electron chi connectivity index (χ0n) is 16.1. The number of nitrogens with zero attached hydrogens (tertiary/aromatic N) is 1. The molecule has 1 atom stereocenters. The van der Waals surface area contributed by atoms with Crippen LogP contribution in [-0.4, -0.2) is 49.8 Å². The van der Waals surface area contributed by atoms with Gasteiger partial charge in [-0.05, 0) is 18.2 Å². The highest BCUT2D eigenvalue weighted by Gasteiger charge is 2.30. The third-order valence-electron chi connectivity index (χ3n) is 5.38. The second-order valence-electron chi connectivity index (χ2n) is 8.01. The summed E-state index contributed by atoms with van der Waals surface area (Å²) < 4.78 is 6.43. The fraction of sp³-hybridized carbons (Fsp3) is 0.476. The molecule has 0 aromatic heterocycles. The van der Waals surface area contributed by atoms with Gasteiger partial charge in [0.1, 0.15) is 6.54 Å². The number of carbonyl (C=O) groups excluding carboxylic acids is 1. The number of quaternary nitrogens is 1. The lowest BCUT2D eigenvalue weighted by Crippen LogP contribution is -2.50. The van der Waals surface area contributed by atoms with Gasteiger partial charge in [0.2, 0.25) is 0 Å². The van der Waals surface area contributed by atoms with Crippen LogP contribution < -0.4 is 11.1 Å². The van der Waals surface area contributed by atoms with E-state index in [4.69, 9.17) is 22.1 Å². The van der Waals surface area contributed by atoms with E-state index in [-0.39, 0.29) is 11.9 Å². The zero-order valence-corrected chi connectivity index (χ0v) is 16.8. The maximum absolute atomic E-state index is 12.4. The monoisotopic (exact) mass is 390 g/mol. The quantitative estimate of drug-likeness (QED) is 0.759. The lowest BCUT2D eigenvalue weighted by molar-refractivity contribution is -0.929. The summed E-state index contributed by atoms with van der Waals surface area (Å²) in [5.74, 6) is -0.186. The lowest BCUT2D eigenvalue weighted by Gasteiger charge is -2.40. The van der Waals surface area contributed by atoms with Crippen LogP contribution in [0.4, 0.5) is 5.69 Å². The molecule has 5 nitrogen and oxygen atoms in total. The number of hydrogen-bond acceptors (Lipinski definition) is 3. The van der Waals surface area contributed by atoms with Gasteiger partial charge in [-0.15, -0.1) is 0 Å². The normalized spacial score (nSPS) is 21.4. The van der Waals surface area contributed by atoms with Crippen molar-refractivity contribution in [2.75, 3.05) is 32.6 Å². The Hall–Kier alpha value is -1.66. The van der Waals surface area contributed by atoms with Crippen molar-refractivity contribution < 1.29 is 14.0 Å². The number of amides is 1. The highest BCUT2D eigenvalue weighted by atomic mass is 35.5. The van der Waals surface area contributed by atoms with Crippen molar-refractivity contribution in [3.8, 4) is 0 Å². The number of halogens is 1. The smallest absolute Gasteiger partial charge is 0.255 e. The summed E-state index contributed by atoms with van der Waals surface area (Å²) in [6.07, 6.45) is 6.23. The molecular weight excluding hydrogens is 362 g/mol. The Kier molecular flexibility index (Phi) is 6.37. The van der Waals surface area contributed by atoms with Crippen LogP contribution in [0.25, 0.3) is 0 Å². The second kappa shape index (κ2) is 8.57. The van der Waals surface area contributed by atoms with Crippen LogP contribution in [0.5, 0.6) is 0 Å². The average Bonchev–Trinajstić information content (AvgIpc) is 2.63. The number of nitrogens with two attached hydrogens (primary N) is 1. The number of benzene rings is 1. The van der Waals surface area contributed by atoms with Crippen molar-refractivity contribution in [3.05, 3.63) is 52.6 Å². The highest BCUT2D eigenvalue weighted by Crippen LogP contribution is 2.24. The Morgan fingerprint density at radius 1 is 1.26 bits per heavy atom. The van der Waals surface area contributed by atoms with E-state index in [0.29, 0.717) is 23.1 Å². The van der Waals surface area contributed by atoms with Gasteiger partial charge in [-0.1, -0.05) is 29.8 Å². The molecule has 2 aliphatic rings. The minimum Gasteiger partial charge on any atom is -0.381 e. The first-order chi connectivity index (χ1) is 12.8. The summed E-state index contributed by atoms with van der Waals surface area (Å²) in [7, 11) is 4.56. The van der Waals surface area contributed by atoms with Crippen molar-refractivity contribution >= 4 is 23.2 Å². The molecule has 0 spiro atoms. The third kappa shape index (κ3) is 5.42. The third-order valence-corrected chi connectivity index (χ3v) is 5.64. The van der Waals surface area contributed by atoms with Gasteiger partial charge in [0.25, 0.3) is 5.91 Å². The van der Waals surface area contributed by atoms with Crippen molar-refractivity contribution in [1.29, 1.82) is 0 Å². The van der Waals surface area contributed by atoms with Crippen molar-refractivity contribution in [1.82, 2.24) is 0 Å². The van der Waals surface area contributed by atoms with Crippen LogP contribution in [0.3, 0.4) is 0 Å². The predicted molar refractivity (Wildman–Crippen MR) is 109 cm³/mol. The molecule has 1 aliphatic carbocycles. The van der Waals surface area contributed by atoms with E-state index in [2.05, 4.69) is 31.5 Å². The molecule has 27 heavy (non-hydrogen) atoms. The molecule has 1 aromatic rings. The van der Waals surface area contributed by atoms with Crippen LogP contribution in [0.15, 0.2) is 47.0 Å². The Labute approximate surface area is 166 Å². The van der Waals surface area contributed by atoms with Gasteiger partial charge >= 0.3 is 0 Å². The molecule has 1 saturated heterocycles. The van der Waals surface area contributed by atoms with Crippen molar-refractivity contribution in [2.24, 2.45) is 5.73 Å². The molecule has 0 saturated carbocycles. The first kappa shape index (κ1) is 20.1. The maximum Gasteiger partial charge on any atom is 0.255 e. The molecule has 0 bridgehead atoms. The van der Waals surface area contributed by atoms with E-state index in [9.17, 15) is 4.79 Å². The van der Waals surface area contributed by atoms with Crippen LogP contribution in [0.2, 0.25) is 0 Å². The molecule has 1 aliphatic heterocycles. The average molecular weight is 391 g/mol. The number of hydrogen-bond donors (Lipinski definition) is 2.